The number of nitrogens with one attached hydrogen (secondary N) is 3. The molecule has 0 atom stereocenters. The number of hydrogen-bond donors (Lipinski definition) is 3. The summed E-state index contributed by atoms with van der Waals surface area (Å²) < 4.78 is 19.2. The van der Waals surface area contributed by atoms with Crippen LogP contribution < -0.4 is 20.8 Å². The molecule has 0 saturated heterocycles. The third kappa shape index (κ3) is 7.38. The first-order valence-electron chi connectivity index (χ1n) is 10.4. The van der Waals surface area contributed by atoms with Gasteiger partial charge in [-0.25, -0.2) is 9.82 Å². The van der Waals surface area contributed by atoms with Gasteiger partial charge in [0, 0.05) is 16.3 Å². The highest BCUT2D eigenvalue weighted by Gasteiger charge is 2.15. The molecule has 10 heteroatoms. The summed E-state index contributed by atoms with van der Waals surface area (Å²) in [5.41, 5.74) is 5.07. The van der Waals surface area contributed by atoms with Crippen molar-refractivity contribution in [1.29, 1.82) is 0 Å². The minimum atomic E-state index is -1.11. The fourth-order valence-electron chi connectivity index (χ4n) is 2.86. The van der Waals surface area contributed by atoms with E-state index < -0.39 is 17.6 Å². The van der Waals surface area contributed by atoms with Crippen molar-refractivity contribution in [3.8, 4) is 5.75 Å². The Kier molecular flexibility index (Phi) is 8.53. The summed E-state index contributed by atoms with van der Waals surface area (Å²) in [6, 6.07) is 15.6. The molecular formula is C25H22ClFN4O4. The van der Waals surface area contributed by atoms with E-state index in [2.05, 4.69) is 15.7 Å². The van der Waals surface area contributed by atoms with E-state index in [9.17, 15) is 18.8 Å². The van der Waals surface area contributed by atoms with Crippen LogP contribution in [0.2, 0.25) is 5.02 Å². The van der Waals surface area contributed by atoms with Crippen molar-refractivity contribution < 1.29 is 23.5 Å². The second-order valence-electron chi connectivity index (χ2n) is 7.45. The first-order chi connectivity index (χ1) is 16.7. The molecule has 0 heterocycles. The van der Waals surface area contributed by atoms with Gasteiger partial charge >= 0.3 is 11.8 Å². The lowest BCUT2D eigenvalue weighted by atomic mass is 10.1. The number of hydrogen-bond acceptors (Lipinski definition) is 5. The SMILES string of the molecule is Cc1ccc(NC(=O)COc2ccc(Cl)cc2/C=N\NC(=O)C(=O)Nc2ccccc2F)cc1C. The van der Waals surface area contributed by atoms with E-state index in [1.165, 1.54) is 30.5 Å². The van der Waals surface area contributed by atoms with Crippen LogP contribution >= 0.6 is 11.6 Å². The molecule has 3 N–H and O–H groups in total. The highest BCUT2D eigenvalue weighted by Crippen LogP contribution is 2.22. The van der Waals surface area contributed by atoms with Gasteiger partial charge in [-0.3, -0.25) is 14.4 Å². The molecule has 35 heavy (non-hydrogen) atoms. The zero-order valence-electron chi connectivity index (χ0n) is 18.9. The molecule has 0 aliphatic heterocycles. The van der Waals surface area contributed by atoms with E-state index in [4.69, 9.17) is 16.3 Å². The van der Waals surface area contributed by atoms with Gasteiger partial charge < -0.3 is 15.4 Å². The fourth-order valence-corrected chi connectivity index (χ4v) is 3.04. The number of nitrogens with zero attached hydrogens (tertiary/aromatic N) is 1. The van der Waals surface area contributed by atoms with Crippen LogP contribution in [0.4, 0.5) is 15.8 Å². The predicted octanol–water partition coefficient (Wildman–Crippen LogP) is 4.20. The Morgan fingerprint density at radius 2 is 1.74 bits per heavy atom. The van der Waals surface area contributed by atoms with Gasteiger partial charge in [-0.2, -0.15) is 5.10 Å². The van der Waals surface area contributed by atoms with Crippen LogP contribution in [0.5, 0.6) is 5.75 Å². The van der Waals surface area contributed by atoms with Crippen LogP contribution in [-0.4, -0.2) is 30.5 Å². The number of halogens is 2. The van der Waals surface area contributed by atoms with Crippen molar-refractivity contribution in [2.75, 3.05) is 17.2 Å². The number of para-hydroxylation sites is 1. The molecule has 180 valence electrons. The summed E-state index contributed by atoms with van der Waals surface area (Å²) in [5, 5.41) is 8.99. The molecule has 0 bridgehead atoms. The second-order valence-corrected chi connectivity index (χ2v) is 7.89. The van der Waals surface area contributed by atoms with Crippen LogP contribution in [0.15, 0.2) is 65.8 Å². The van der Waals surface area contributed by atoms with Crippen LogP contribution in [0.3, 0.4) is 0 Å². The minimum absolute atomic E-state index is 0.138. The van der Waals surface area contributed by atoms with E-state index in [1.54, 1.807) is 18.2 Å². The molecule has 0 radical (unpaired) electrons. The predicted molar refractivity (Wildman–Crippen MR) is 132 cm³/mol. The largest absolute Gasteiger partial charge is 0.483 e. The molecule has 3 aromatic carbocycles. The molecule has 0 saturated carbocycles. The average Bonchev–Trinajstić information content (AvgIpc) is 2.82. The van der Waals surface area contributed by atoms with Crippen molar-refractivity contribution in [3.05, 3.63) is 88.2 Å². The average molecular weight is 497 g/mol. The Labute approximate surface area is 206 Å². The highest BCUT2D eigenvalue weighted by atomic mass is 35.5. The maximum atomic E-state index is 13.6. The second kappa shape index (κ2) is 11.8. The number of benzene rings is 3. The number of anilines is 2. The third-order valence-electron chi connectivity index (χ3n) is 4.82. The third-order valence-corrected chi connectivity index (χ3v) is 5.05. The van der Waals surface area contributed by atoms with Gasteiger partial charge in [-0.05, 0) is 67.4 Å². The normalized spacial score (nSPS) is 10.6. The Morgan fingerprint density at radius 1 is 0.971 bits per heavy atom. The van der Waals surface area contributed by atoms with Crippen LogP contribution in [0, 0.1) is 19.7 Å². The van der Waals surface area contributed by atoms with Crippen molar-refractivity contribution in [1.82, 2.24) is 5.43 Å². The van der Waals surface area contributed by atoms with E-state index in [1.807, 2.05) is 31.4 Å². The number of aryl methyl sites for hydroxylation is 2. The Balaban J connectivity index is 1.58. The Hall–Kier alpha value is -4.24. The van der Waals surface area contributed by atoms with E-state index in [-0.39, 0.29) is 24.0 Å². The van der Waals surface area contributed by atoms with Crippen LogP contribution in [0.25, 0.3) is 0 Å². The molecule has 0 unspecified atom stereocenters. The van der Waals surface area contributed by atoms with Gasteiger partial charge in [-0.15, -0.1) is 0 Å². The fraction of sp³-hybridized carbons (Fsp3) is 0.120. The monoisotopic (exact) mass is 496 g/mol. The topological polar surface area (TPSA) is 109 Å². The zero-order chi connectivity index (χ0) is 25.4. The molecule has 0 aliphatic carbocycles. The number of hydrazone groups is 1. The molecule has 3 amide bonds. The van der Waals surface area contributed by atoms with Gasteiger partial charge in [0.1, 0.15) is 11.6 Å². The smallest absolute Gasteiger partial charge is 0.329 e. The Morgan fingerprint density at radius 3 is 2.49 bits per heavy atom. The van der Waals surface area contributed by atoms with Crippen molar-refractivity contribution in [2.24, 2.45) is 5.10 Å². The summed E-state index contributed by atoms with van der Waals surface area (Å²) in [4.78, 5) is 36.2. The number of amides is 3. The summed E-state index contributed by atoms with van der Waals surface area (Å²) in [5.74, 6) is -2.98. The summed E-state index contributed by atoms with van der Waals surface area (Å²) in [7, 11) is 0. The zero-order valence-corrected chi connectivity index (χ0v) is 19.7. The van der Waals surface area contributed by atoms with Gasteiger partial charge in [-0.1, -0.05) is 29.8 Å². The number of rotatable bonds is 7. The molecule has 0 fully saturated rings. The van der Waals surface area contributed by atoms with E-state index in [0.29, 0.717) is 16.3 Å². The van der Waals surface area contributed by atoms with Crippen LogP contribution in [0.1, 0.15) is 16.7 Å². The number of carbonyl (C=O) groups is 3. The maximum Gasteiger partial charge on any atom is 0.329 e. The molecule has 8 nitrogen and oxygen atoms in total. The first-order valence-corrected chi connectivity index (χ1v) is 10.8. The molecule has 0 aromatic heterocycles. The van der Waals surface area contributed by atoms with Gasteiger partial charge in [0.2, 0.25) is 0 Å². The minimum Gasteiger partial charge on any atom is -0.483 e. The lowest BCUT2D eigenvalue weighted by molar-refractivity contribution is -0.136. The quantitative estimate of drug-likeness (QED) is 0.259. The molecule has 0 spiro atoms. The standard InChI is InChI=1S/C25H22ClFN4O4/c1-15-7-9-19(11-16(15)2)29-23(32)14-35-22-10-8-18(26)12-17(22)13-28-31-25(34)24(33)30-21-6-4-3-5-20(21)27/h3-13H,14H2,1-2H3,(H,29,32)(H,30,33)(H,31,34)/b28-13-. The lowest BCUT2D eigenvalue weighted by Gasteiger charge is -2.11. The maximum absolute atomic E-state index is 13.6. The number of ether oxygens (including phenoxy) is 1. The van der Waals surface area contributed by atoms with Crippen molar-refractivity contribution in [3.63, 3.8) is 0 Å². The Bertz CT molecular complexity index is 1300. The lowest BCUT2D eigenvalue weighted by Crippen LogP contribution is -2.32. The summed E-state index contributed by atoms with van der Waals surface area (Å²) in [6.07, 6.45) is 1.21. The van der Waals surface area contributed by atoms with Gasteiger partial charge in [0.15, 0.2) is 6.61 Å². The summed E-state index contributed by atoms with van der Waals surface area (Å²) >= 11 is 6.03. The summed E-state index contributed by atoms with van der Waals surface area (Å²) in [6.45, 7) is 3.64. The number of carbonyl (C=O) groups excluding carboxylic acids is 3. The van der Waals surface area contributed by atoms with Crippen molar-refractivity contribution in [2.45, 2.75) is 13.8 Å². The molecule has 0 aliphatic rings. The van der Waals surface area contributed by atoms with Crippen molar-refractivity contribution >= 4 is 46.9 Å². The highest BCUT2D eigenvalue weighted by molar-refractivity contribution is 6.39. The first kappa shape index (κ1) is 25.4. The van der Waals surface area contributed by atoms with E-state index in [0.717, 1.165) is 17.2 Å². The van der Waals surface area contributed by atoms with Gasteiger partial charge in [0.25, 0.3) is 5.91 Å². The van der Waals surface area contributed by atoms with Gasteiger partial charge in [0.05, 0.1) is 11.9 Å². The van der Waals surface area contributed by atoms with E-state index >= 15 is 0 Å². The molecular weight excluding hydrogens is 475 g/mol. The molecule has 3 aromatic rings. The van der Waals surface area contributed by atoms with Crippen LogP contribution in [-0.2, 0) is 14.4 Å². The molecule has 3 rings (SSSR count).